The van der Waals surface area contributed by atoms with Gasteiger partial charge in [-0.05, 0) is 50.4 Å². The highest BCUT2D eigenvalue weighted by molar-refractivity contribution is 6.93. The third kappa shape index (κ3) is 91.8. The van der Waals surface area contributed by atoms with Crippen LogP contribution in [0.2, 0.25) is 50.4 Å². The monoisotopic (exact) mass is 1810 g/mol. The summed E-state index contributed by atoms with van der Waals surface area (Å²) >= 11 is 0. The van der Waals surface area contributed by atoms with Crippen molar-refractivity contribution in [3.63, 3.8) is 0 Å². The first kappa shape index (κ1) is 123. The minimum absolute atomic E-state index is 1.11. The van der Waals surface area contributed by atoms with Crippen molar-refractivity contribution >= 4 is 34.2 Å². The fourth-order valence-corrected chi connectivity index (χ4v) is 45.0. The highest BCUT2D eigenvalue weighted by Gasteiger charge is 2.56. The Labute approximate surface area is 791 Å². The molecule has 0 aromatic heterocycles. The summed E-state index contributed by atoms with van der Waals surface area (Å²) in [6.45, 7) is 19.3. The molecule has 0 amide bonds. The van der Waals surface area contributed by atoms with E-state index >= 15 is 0 Å². The SMILES string of the molecule is CCCCCCCCCCCCCCCCCCCCCCCCCCCC[Si]1(C)O[Si](C)(CCCCCCCCCCCCCCCCCCCCCCCCCCCC)O[Si](C)(CCCCCCCCCCCCCCCCCCCCCCCCCCCC)O[Si](C)(CCCCCCCCCCCCCCCCCCCCCCCCCCCC)O1. The van der Waals surface area contributed by atoms with Crippen LogP contribution < -0.4 is 0 Å². The summed E-state index contributed by atoms with van der Waals surface area (Å²) in [4.78, 5) is 0. The zero-order chi connectivity index (χ0) is 89.2. The molecule has 1 saturated heterocycles. The Kier molecular flexibility index (Phi) is 98.6. The minimum Gasteiger partial charge on any atom is -0.416 e. The van der Waals surface area contributed by atoms with Gasteiger partial charge in [0.1, 0.15) is 0 Å². The maximum absolute atomic E-state index is 7.92. The van der Waals surface area contributed by atoms with Crippen LogP contribution in [0.25, 0.3) is 0 Å². The van der Waals surface area contributed by atoms with E-state index in [9.17, 15) is 0 Å². The molecule has 0 radical (unpaired) electrons. The molecule has 0 spiro atoms. The van der Waals surface area contributed by atoms with Gasteiger partial charge in [0.15, 0.2) is 0 Å². The topological polar surface area (TPSA) is 36.9 Å². The van der Waals surface area contributed by atoms with Crippen LogP contribution in [0, 0.1) is 0 Å². The van der Waals surface area contributed by atoms with Crippen molar-refractivity contribution in [3.05, 3.63) is 0 Å². The Hall–Kier alpha value is 0.708. The normalized spacial score (nSPS) is 17.6. The molecule has 0 bridgehead atoms. The second-order valence-corrected chi connectivity index (χ2v) is 57.6. The molecule has 0 N–H and O–H groups in total. The molecule has 8 heteroatoms. The van der Waals surface area contributed by atoms with E-state index in [2.05, 4.69) is 53.9 Å². The molecule has 0 aromatic carbocycles. The molecule has 744 valence electrons. The van der Waals surface area contributed by atoms with Gasteiger partial charge in [-0.25, -0.2) is 0 Å². The largest absolute Gasteiger partial charge is 0.416 e. The molecule has 1 fully saturated rings. The van der Waals surface area contributed by atoms with Crippen LogP contribution in [0.1, 0.15) is 695 Å². The van der Waals surface area contributed by atoms with Crippen molar-refractivity contribution in [3.8, 4) is 0 Å². The van der Waals surface area contributed by atoms with E-state index < -0.39 is 34.2 Å². The second kappa shape index (κ2) is 99.7. The predicted octanol–water partition coefficient (Wildman–Crippen LogP) is 45.0. The average molecular weight is 1810 g/mol. The molecular formula is C116H240O4Si4. The summed E-state index contributed by atoms with van der Waals surface area (Å²) in [5.41, 5.74) is 0. The van der Waals surface area contributed by atoms with Gasteiger partial charge >= 0.3 is 34.2 Å². The number of rotatable bonds is 108. The van der Waals surface area contributed by atoms with Gasteiger partial charge in [0.2, 0.25) is 0 Å². The van der Waals surface area contributed by atoms with Gasteiger partial charge in [-0.15, -0.1) is 0 Å². The lowest BCUT2D eigenvalue weighted by molar-refractivity contribution is 0.219. The molecule has 0 saturated carbocycles. The molecule has 124 heavy (non-hydrogen) atoms. The third-order valence-electron chi connectivity index (χ3n) is 29.7. The zero-order valence-electron chi connectivity index (χ0n) is 88.0. The Bertz CT molecular complexity index is 1690. The summed E-state index contributed by atoms with van der Waals surface area (Å²) in [6, 6.07) is 4.45. The first-order chi connectivity index (χ1) is 61.1. The second-order valence-electron chi connectivity index (χ2n) is 43.3. The van der Waals surface area contributed by atoms with E-state index in [1.165, 1.54) is 668 Å². The maximum Gasteiger partial charge on any atom is 0.317 e. The summed E-state index contributed by atoms with van der Waals surface area (Å²) in [6.07, 6.45) is 150. The average Bonchev–Trinajstić information content (AvgIpc) is 0.767. The molecule has 1 rings (SSSR count). The van der Waals surface area contributed by atoms with E-state index in [4.69, 9.17) is 16.5 Å². The van der Waals surface area contributed by atoms with Crippen LogP contribution in [0.3, 0.4) is 0 Å². The predicted molar refractivity (Wildman–Crippen MR) is 573 cm³/mol. The molecular weight excluding hydrogens is 1570 g/mol. The lowest BCUT2D eigenvalue weighted by Gasteiger charge is -2.50. The van der Waals surface area contributed by atoms with Crippen LogP contribution in [-0.4, -0.2) is 34.2 Å². The highest BCUT2D eigenvalue weighted by atomic mass is 28.5. The molecule has 1 heterocycles. The Morgan fingerprint density at radius 1 is 0.0887 bits per heavy atom. The van der Waals surface area contributed by atoms with E-state index in [1.807, 2.05) is 0 Å². The third-order valence-corrected chi connectivity index (χ3v) is 48.5. The Balaban J connectivity index is 2.80. The van der Waals surface area contributed by atoms with Crippen LogP contribution in [0.15, 0.2) is 0 Å². The van der Waals surface area contributed by atoms with Crippen molar-refractivity contribution in [1.82, 2.24) is 0 Å². The van der Waals surface area contributed by atoms with Gasteiger partial charge in [-0.2, -0.15) is 0 Å². The Morgan fingerprint density at radius 2 is 0.145 bits per heavy atom. The van der Waals surface area contributed by atoms with E-state index in [0.29, 0.717) is 0 Å². The maximum atomic E-state index is 7.92. The van der Waals surface area contributed by atoms with E-state index in [1.54, 1.807) is 0 Å². The molecule has 1 aliphatic rings. The smallest absolute Gasteiger partial charge is 0.317 e. The number of hydrogen-bond acceptors (Lipinski definition) is 4. The van der Waals surface area contributed by atoms with Crippen LogP contribution >= 0.6 is 0 Å². The zero-order valence-corrected chi connectivity index (χ0v) is 92.0. The van der Waals surface area contributed by atoms with Gasteiger partial charge < -0.3 is 16.5 Å². The fraction of sp³-hybridized carbons (Fsp3) is 1.00. The molecule has 0 aromatic rings. The number of unbranched alkanes of at least 4 members (excludes halogenated alkanes) is 100. The van der Waals surface area contributed by atoms with E-state index in [0.717, 1.165) is 24.2 Å². The van der Waals surface area contributed by atoms with Crippen molar-refractivity contribution < 1.29 is 16.5 Å². The molecule has 0 unspecified atom stereocenters. The summed E-state index contributed by atoms with van der Waals surface area (Å²) in [5.74, 6) is 0. The number of hydrogen-bond donors (Lipinski definition) is 0. The van der Waals surface area contributed by atoms with Gasteiger partial charge in [-0.3, -0.25) is 0 Å². The van der Waals surface area contributed by atoms with Crippen LogP contribution in [0.5, 0.6) is 0 Å². The molecule has 0 aliphatic carbocycles. The highest BCUT2D eigenvalue weighted by Crippen LogP contribution is 2.41. The van der Waals surface area contributed by atoms with Gasteiger partial charge in [0.25, 0.3) is 0 Å². The van der Waals surface area contributed by atoms with Crippen LogP contribution in [0.4, 0.5) is 0 Å². The first-order valence-corrected chi connectivity index (χ1v) is 70.0. The van der Waals surface area contributed by atoms with Gasteiger partial charge in [0, 0.05) is 0 Å². The van der Waals surface area contributed by atoms with Gasteiger partial charge in [-0.1, -0.05) is 695 Å². The van der Waals surface area contributed by atoms with Crippen molar-refractivity contribution in [2.45, 2.75) is 746 Å². The quantitative estimate of drug-likeness (QED) is 0.0449. The fourth-order valence-electron chi connectivity index (χ4n) is 21.4. The Morgan fingerprint density at radius 3 is 0.210 bits per heavy atom. The standard InChI is InChI=1S/C116H240O4Si4/c1-9-13-17-21-25-29-33-37-41-45-49-53-57-61-65-69-73-77-81-85-89-93-97-101-105-109-113-121(5)117-122(6,114-110-106-102-98-94-90-86-82-78-74-70-66-62-58-54-50-46-42-38-34-30-26-22-18-14-10-2)119-124(8,116-112-108-104-100-96-92-88-84-80-76-72-68-64-60-56-52-48-44-40-36-32-28-24-20-16-12-4)120-123(7,118-121)115-111-107-103-99-95-91-87-83-79-75-71-67-63-59-55-51-47-43-39-35-31-27-23-19-15-11-3/h9-116H2,1-8H3. The summed E-state index contributed by atoms with van der Waals surface area (Å²) < 4.78 is 31.7. The molecule has 1 aliphatic heterocycles. The summed E-state index contributed by atoms with van der Waals surface area (Å²) in [7, 11) is -10.4. The van der Waals surface area contributed by atoms with Gasteiger partial charge in [0.05, 0.1) is 0 Å². The van der Waals surface area contributed by atoms with Crippen molar-refractivity contribution in [2.75, 3.05) is 0 Å². The van der Waals surface area contributed by atoms with Crippen molar-refractivity contribution in [2.24, 2.45) is 0 Å². The van der Waals surface area contributed by atoms with Crippen LogP contribution in [-0.2, 0) is 16.5 Å². The lowest BCUT2D eigenvalue weighted by Crippen LogP contribution is -2.67. The lowest BCUT2D eigenvalue weighted by atomic mass is 10.0. The summed E-state index contributed by atoms with van der Waals surface area (Å²) in [5, 5.41) is 0. The minimum atomic E-state index is -2.61. The van der Waals surface area contributed by atoms with E-state index in [-0.39, 0.29) is 0 Å². The van der Waals surface area contributed by atoms with Crippen molar-refractivity contribution in [1.29, 1.82) is 0 Å². The first-order valence-electron chi connectivity index (χ1n) is 59.9. The molecule has 4 nitrogen and oxygen atoms in total. The molecule has 0 atom stereocenters.